The van der Waals surface area contributed by atoms with Crippen molar-refractivity contribution in [2.45, 2.75) is 27.7 Å². The number of fused-ring (bicyclic) bond motifs is 1. The Morgan fingerprint density at radius 1 is 1.09 bits per heavy atom. The molecule has 1 aromatic carbocycles. The number of rotatable bonds is 2. The van der Waals surface area contributed by atoms with Crippen molar-refractivity contribution in [3.63, 3.8) is 0 Å². The van der Waals surface area contributed by atoms with Crippen LogP contribution in [0, 0.1) is 27.7 Å². The number of nitrogens with zero attached hydrogens (tertiary/aromatic N) is 3. The molecule has 0 saturated carbocycles. The van der Waals surface area contributed by atoms with Gasteiger partial charge in [-0.2, -0.15) is 5.10 Å². The van der Waals surface area contributed by atoms with Gasteiger partial charge >= 0.3 is 0 Å². The van der Waals surface area contributed by atoms with E-state index < -0.39 is 0 Å². The molecule has 2 heterocycles. The fraction of sp³-hybridized carbons (Fsp3) is 0.235. The first-order valence-corrected chi connectivity index (χ1v) is 7.16. The van der Waals surface area contributed by atoms with Crippen LogP contribution >= 0.6 is 0 Å². The molecule has 1 N–H and O–H groups in total. The number of benzene rings is 1. The highest BCUT2D eigenvalue weighted by Crippen LogP contribution is 2.22. The number of aryl methyl sites for hydroxylation is 4. The number of amides is 1. The Balaban J connectivity index is 1.97. The van der Waals surface area contributed by atoms with Gasteiger partial charge in [0.1, 0.15) is 5.69 Å². The van der Waals surface area contributed by atoms with Gasteiger partial charge in [-0.3, -0.25) is 4.79 Å². The minimum absolute atomic E-state index is 0.207. The molecule has 0 spiro atoms. The molecule has 3 rings (SSSR count). The number of aromatic nitrogens is 3. The molecule has 0 atom stereocenters. The van der Waals surface area contributed by atoms with Crippen LogP contribution in [0.15, 0.2) is 30.5 Å². The summed E-state index contributed by atoms with van der Waals surface area (Å²) in [6.45, 7) is 7.94. The van der Waals surface area contributed by atoms with E-state index in [1.807, 2.05) is 27.7 Å². The SMILES string of the molecule is Cc1cc(C)c(NC(=O)c2cc(C)n3nccc3n2)c(C)c1. The lowest BCUT2D eigenvalue weighted by Gasteiger charge is -2.13. The molecule has 5 nitrogen and oxygen atoms in total. The van der Waals surface area contributed by atoms with E-state index in [4.69, 9.17) is 0 Å². The molecule has 2 aromatic heterocycles. The molecular weight excluding hydrogens is 276 g/mol. The minimum atomic E-state index is -0.207. The highest BCUT2D eigenvalue weighted by Gasteiger charge is 2.13. The maximum atomic E-state index is 12.5. The van der Waals surface area contributed by atoms with E-state index in [1.165, 1.54) is 5.56 Å². The van der Waals surface area contributed by atoms with Crippen molar-refractivity contribution >= 4 is 17.2 Å². The Morgan fingerprint density at radius 2 is 1.77 bits per heavy atom. The number of nitrogens with one attached hydrogen (secondary N) is 1. The summed E-state index contributed by atoms with van der Waals surface area (Å²) in [4.78, 5) is 16.9. The Hall–Kier alpha value is -2.69. The molecule has 22 heavy (non-hydrogen) atoms. The first kappa shape index (κ1) is 14.3. The number of hydrogen-bond donors (Lipinski definition) is 1. The van der Waals surface area contributed by atoms with E-state index in [2.05, 4.69) is 27.5 Å². The predicted octanol–water partition coefficient (Wildman–Crippen LogP) is 3.22. The van der Waals surface area contributed by atoms with Crippen LogP contribution in [-0.2, 0) is 0 Å². The van der Waals surface area contributed by atoms with E-state index in [0.29, 0.717) is 11.3 Å². The van der Waals surface area contributed by atoms with Crippen molar-refractivity contribution in [3.05, 3.63) is 58.5 Å². The van der Waals surface area contributed by atoms with Gasteiger partial charge in [0.25, 0.3) is 5.91 Å². The van der Waals surface area contributed by atoms with Crippen molar-refractivity contribution < 1.29 is 4.79 Å². The Bertz CT molecular complexity index is 856. The molecule has 0 aliphatic carbocycles. The maximum Gasteiger partial charge on any atom is 0.274 e. The molecule has 0 saturated heterocycles. The van der Waals surface area contributed by atoms with Gasteiger partial charge in [0.15, 0.2) is 5.65 Å². The number of hydrogen-bond acceptors (Lipinski definition) is 3. The molecule has 0 fully saturated rings. The normalized spacial score (nSPS) is 10.9. The van der Waals surface area contributed by atoms with Crippen LogP contribution in [-0.4, -0.2) is 20.5 Å². The fourth-order valence-electron chi connectivity index (χ4n) is 2.74. The summed E-state index contributed by atoms with van der Waals surface area (Å²) < 4.78 is 1.71. The first-order chi connectivity index (χ1) is 10.5. The molecule has 0 bridgehead atoms. The molecule has 1 amide bonds. The van der Waals surface area contributed by atoms with Crippen molar-refractivity contribution in [2.75, 3.05) is 5.32 Å². The van der Waals surface area contributed by atoms with Crippen LogP contribution in [0.3, 0.4) is 0 Å². The Kier molecular flexibility index (Phi) is 3.41. The van der Waals surface area contributed by atoms with Crippen LogP contribution in [0.1, 0.15) is 32.9 Å². The molecular formula is C17H18N4O. The topological polar surface area (TPSA) is 59.3 Å². The van der Waals surface area contributed by atoms with Gasteiger partial charge in [0.2, 0.25) is 0 Å². The summed E-state index contributed by atoms with van der Waals surface area (Å²) in [5.41, 5.74) is 6.07. The summed E-state index contributed by atoms with van der Waals surface area (Å²) in [6, 6.07) is 7.64. The zero-order valence-corrected chi connectivity index (χ0v) is 13.1. The van der Waals surface area contributed by atoms with Crippen LogP contribution in [0.25, 0.3) is 5.65 Å². The molecule has 112 valence electrons. The van der Waals surface area contributed by atoms with Crippen molar-refractivity contribution in [1.82, 2.24) is 14.6 Å². The highest BCUT2D eigenvalue weighted by molar-refractivity contribution is 6.04. The van der Waals surface area contributed by atoms with Gasteiger partial charge in [-0.05, 0) is 44.9 Å². The molecule has 0 unspecified atom stereocenters. The van der Waals surface area contributed by atoms with Gasteiger partial charge in [-0.15, -0.1) is 0 Å². The van der Waals surface area contributed by atoms with Gasteiger partial charge in [-0.25, -0.2) is 9.50 Å². The third kappa shape index (κ3) is 2.45. The standard InChI is InChI=1S/C17H18N4O/c1-10-7-11(2)16(12(3)8-10)20-17(22)14-9-13(4)21-15(19-14)5-6-18-21/h5-9H,1-4H3,(H,20,22). The molecule has 0 radical (unpaired) electrons. The van der Waals surface area contributed by atoms with E-state index in [-0.39, 0.29) is 5.91 Å². The van der Waals surface area contributed by atoms with Crippen LogP contribution < -0.4 is 5.32 Å². The smallest absolute Gasteiger partial charge is 0.274 e. The number of anilines is 1. The van der Waals surface area contributed by atoms with E-state index >= 15 is 0 Å². The summed E-state index contributed by atoms with van der Waals surface area (Å²) >= 11 is 0. The van der Waals surface area contributed by atoms with Crippen LogP contribution in [0.2, 0.25) is 0 Å². The van der Waals surface area contributed by atoms with E-state index in [9.17, 15) is 4.79 Å². The molecule has 5 heteroatoms. The second-order valence-electron chi connectivity index (χ2n) is 5.61. The van der Waals surface area contributed by atoms with Crippen LogP contribution in [0.5, 0.6) is 0 Å². The zero-order chi connectivity index (χ0) is 15.9. The lowest BCUT2D eigenvalue weighted by atomic mass is 10.0. The second-order valence-corrected chi connectivity index (χ2v) is 5.61. The van der Waals surface area contributed by atoms with Gasteiger partial charge < -0.3 is 5.32 Å². The average Bonchev–Trinajstić information content (AvgIpc) is 2.91. The van der Waals surface area contributed by atoms with Crippen molar-refractivity contribution in [3.8, 4) is 0 Å². The Labute approximate surface area is 129 Å². The monoisotopic (exact) mass is 294 g/mol. The second kappa shape index (κ2) is 5.26. The summed E-state index contributed by atoms with van der Waals surface area (Å²) in [7, 11) is 0. The number of carbonyl (C=O) groups is 1. The average molecular weight is 294 g/mol. The van der Waals surface area contributed by atoms with Crippen molar-refractivity contribution in [1.29, 1.82) is 0 Å². The first-order valence-electron chi connectivity index (χ1n) is 7.16. The van der Waals surface area contributed by atoms with Crippen LogP contribution in [0.4, 0.5) is 5.69 Å². The van der Waals surface area contributed by atoms with Crippen molar-refractivity contribution in [2.24, 2.45) is 0 Å². The lowest BCUT2D eigenvalue weighted by Crippen LogP contribution is -2.16. The molecule has 3 aromatic rings. The third-order valence-electron chi connectivity index (χ3n) is 3.69. The molecule has 0 aliphatic rings. The third-order valence-corrected chi connectivity index (χ3v) is 3.69. The predicted molar refractivity (Wildman–Crippen MR) is 86.3 cm³/mol. The summed E-state index contributed by atoms with van der Waals surface area (Å²) in [5.74, 6) is -0.207. The Morgan fingerprint density at radius 3 is 2.45 bits per heavy atom. The van der Waals surface area contributed by atoms with E-state index in [0.717, 1.165) is 22.5 Å². The zero-order valence-electron chi connectivity index (χ0n) is 13.1. The number of carbonyl (C=O) groups excluding carboxylic acids is 1. The van der Waals surface area contributed by atoms with Gasteiger partial charge in [0.05, 0.1) is 6.20 Å². The summed E-state index contributed by atoms with van der Waals surface area (Å²) in [6.07, 6.45) is 1.67. The summed E-state index contributed by atoms with van der Waals surface area (Å²) in [5, 5.41) is 7.14. The highest BCUT2D eigenvalue weighted by atomic mass is 16.1. The van der Waals surface area contributed by atoms with Gasteiger partial charge in [-0.1, -0.05) is 17.7 Å². The maximum absolute atomic E-state index is 12.5. The molecule has 0 aliphatic heterocycles. The minimum Gasteiger partial charge on any atom is -0.320 e. The largest absolute Gasteiger partial charge is 0.320 e. The quantitative estimate of drug-likeness (QED) is 0.789. The fourth-order valence-corrected chi connectivity index (χ4v) is 2.74. The van der Waals surface area contributed by atoms with Gasteiger partial charge in [0, 0.05) is 17.4 Å². The van der Waals surface area contributed by atoms with E-state index in [1.54, 1.807) is 22.8 Å². The lowest BCUT2D eigenvalue weighted by molar-refractivity contribution is 0.102.